The van der Waals surface area contributed by atoms with Gasteiger partial charge in [0.15, 0.2) is 0 Å². The van der Waals surface area contributed by atoms with Crippen LogP contribution in [0.1, 0.15) is 0 Å². The van der Waals surface area contributed by atoms with E-state index in [0.717, 1.165) is 27.0 Å². The Bertz CT molecular complexity index is 1590. The van der Waals surface area contributed by atoms with E-state index in [4.69, 9.17) is 5.73 Å². The van der Waals surface area contributed by atoms with Gasteiger partial charge in [0.05, 0.1) is 11.0 Å². The van der Waals surface area contributed by atoms with Crippen molar-refractivity contribution in [3.05, 3.63) is 108 Å². The third-order valence-corrected chi connectivity index (χ3v) is 6.38. The average Bonchev–Trinajstić information content (AvgIpc) is 3.12. The summed E-state index contributed by atoms with van der Waals surface area (Å²) in [4.78, 5) is 0. The van der Waals surface area contributed by atoms with Gasteiger partial charge in [0.25, 0.3) is 0 Å². The highest BCUT2D eigenvalue weighted by Crippen LogP contribution is 2.36. The number of anilines is 1. The summed E-state index contributed by atoms with van der Waals surface area (Å²) in [7, 11) is 0. The van der Waals surface area contributed by atoms with E-state index >= 15 is 0 Å². The molecule has 0 bridgehead atoms. The number of benzene rings is 5. The lowest BCUT2D eigenvalue weighted by Crippen LogP contribution is -1.94. The van der Waals surface area contributed by atoms with Crippen molar-refractivity contribution in [3.63, 3.8) is 0 Å². The first-order chi connectivity index (χ1) is 15.2. The highest BCUT2D eigenvalue weighted by Gasteiger charge is 2.13. The summed E-state index contributed by atoms with van der Waals surface area (Å²) in [5, 5.41) is 4.99. The number of nitrogens with two attached hydrogens (primary N) is 1. The van der Waals surface area contributed by atoms with Crippen molar-refractivity contribution in [2.24, 2.45) is 0 Å². The van der Waals surface area contributed by atoms with Crippen LogP contribution >= 0.6 is 15.9 Å². The minimum Gasteiger partial charge on any atom is -0.399 e. The number of rotatable bonds is 2. The average molecular weight is 463 g/mol. The van der Waals surface area contributed by atoms with E-state index in [2.05, 4.69) is 111 Å². The fourth-order valence-electron chi connectivity index (χ4n) is 4.52. The summed E-state index contributed by atoms with van der Waals surface area (Å²) >= 11 is 3.58. The summed E-state index contributed by atoms with van der Waals surface area (Å²) in [6.07, 6.45) is 0. The molecule has 31 heavy (non-hydrogen) atoms. The molecule has 0 aliphatic rings. The summed E-state index contributed by atoms with van der Waals surface area (Å²) in [5.74, 6) is 0. The zero-order valence-electron chi connectivity index (χ0n) is 16.7. The van der Waals surface area contributed by atoms with Crippen molar-refractivity contribution in [1.82, 2.24) is 4.57 Å². The Labute approximate surface area is 188 Å². The van der Waals surface area contributed by atoms with Gasteiger partial charge in [-0.15, -0.1) is 0 Å². The van der Waals surface area contributed by atoms with E-state index in [1.165, 1.54) is 32.6 Å². The molecule has 148 valence electrons. The van der Waals surface area contributed by atoms with Crippen LogP contribution in [0.2, 0.25) is 0 Å². The van der Waals surface area contributed by atoms with Crippen LogP contribution < -0.4 is 5.73 Å². The van der Waals surface area contributed by atoms with Crippen LogP contribution in [0.15, 0.2) is 108 Å². The number of halogens is 1. The lowest BCUT2D eigenvalue weighted by Gasteiger charge is -2.11. The molecule has 0 fully saturated rings. The van der Waals surface area contributed by atoms with Gasteiger partial charge < -0.3 is 10.3 Å². The predicted molar refractivity (Wildman–Crippen MR) is 136 cm³/mol. The van der Waals surface area contributed by atoms with E-state index in [9.17, 15) is 0 Å². The molecule has 2 N–H and O–H groups in total. The molecule has 5 aromatic carbocycles. The maximum Gasteiger partial charge on any atom is 0.0547 e. The van der Waals surface area contributed by atoms with Gasteiger partial charge in [-0.3, -0.25) is 0 Å². The van der Waals surface area contributed by atoms with Gasteiger partial charge in [0.2, 0.25) is 0 Å². The Morgan fingerprint density at radius 1 is 0.581 bits per heavy atom. The molecule has 0 saturated carbocycles. The lowest BCUT2D eigenvalue weighted by atomic mass is 10.0. The Morgan fingerprint density at radius 2 is 1.35 bits per heavy atom. The molecule has 0 atom stereocenters. The zero-order chi connectivity index (χ0) is 20.9. The molecule has 2 nitrogen and oxygen atoms in total. The fourth-order valence-corrected chi connectivity index (χ4v) is 5.03. The maximum atomic E-state index is 6.11. The van der Waals surface area contributed by atoms with Crippen LogP contribution in [0.25, 0.3) is 49.4 Å². The number of hydrogen-bond donors (Lipinski definition) is 1. The molecular formula is C28H19BrN2. The molecule has 3 heteroatoms. The Balaban J connectivity index is 1.67. The number of para-hydroxylation sites is 1. The van der Waals surface area contributed by atoms with Crippen molar-refractivity contribution in [3.8, 4) is 16.8 Å². The second-order valence-corrected chi connectivity index (χ2v) is 8.80. The predicted octanol–water partition coefficient (Wildman–Crippen LogP) is 7.95. The van der Waals surface area contributed by atoms with E-state index in [0.29, 0.717) is 0 Å². The van der Waals surface area contributed by atoms with Gasteiger partial charge in [0.1, 0.15) is 0 Å². The van der Waals surface area contributed by atoms with Crippen molar-refractivity contribution in [2.75, 3.05) is 5.73 Å². The third-order valence-electron chi connectivity index (χ3n) is 5.92. The zero-order valence-corrected chi connectivity index (χ0v) is 18.3. The molecule has 0 aliphatic carbocycles. The van der Waals surface area contributed by atoms with Gasteiger partial charge in [-0.1, -0.05) is 76.6 Å². The molecule has 0 saturated heterocycles. The van der Waals surface area contributed by atoms with Crippen molar-refractivity contribution in [1.29, 1.82) is 0 Å². The molecule has 6 aromatic rings. The van der Waals surface area contributed by atoms with Crippen LogP contribution in [0.3, 0.4) is 0 Å². The third kappa shape index (κ3) is 3.01. The van der Waals surface area contributed by atoms with Crippen molar-refractivity contribution >= 4 is 54.2 Å². The van der Waals surface area contributed by atoms with Crippen LogP contribution in [-0.4, -0.2) is 4.57 Å². The molecule has 1 aromatic heterocycles. The first-order valence-electron chi connectivity index (χ1n) is 10.3. The van der Waals surface area contributed by atoms with Gasteiger partial charge in [-0.25, -0.2) is 0 Å². The van der Waals surface area contributed by atoms with E-state index in [-0.39, 0.29) is 0 Å². The molecule has 0 amide bonds. The smallest absolute Gasteiger partial charge is 0.0547 e. The summed E-state index contributed by atoms with van der Waals surface area (Å²) < 4.78 is 3.35. The summed E-state index contributed by atoms with van der Waals surface area (Å²) in [6, 6.07) is 36.5. The summed E-state index contributed by atoms with van der Waals surface area (Å²) in [6.45, 7) is 0. The molecule has 6 rings (SSSR count). The SMILES string of the molecule is Nc1cc(Br)cc(-c2ccc3c4ccccc4n(-c4ccc5ccccc5c4)c3c2)c1. The number of aromatic nitrogens is 1. The normalized spacial score (nSPS) is 11.5. The second kappa shape index (κ2) is 7.00. The molecule has 1 heterocycles. The Hall–Kier alpha value is -3.56. The van der Waals surface area contributed by atoms with E-state index in [1.807, 2.05) is 12.1 Å². The summed E-state index contributed by atoms with van der Waals surface area (Å²) in [5.41, 5.74) is 12.7. The van der Waals surface area contributed by atoms with Gasteiger partial charge in [0, 0.05) is 26.6 Å². The maximum absolute atomic E-state index is 6.11. The largest absolute Gasteiger partial charge is 0.399 e. The van der Waals surface area contributed by atoms with Crippen molar-refractivity contribution in [2.45, 2.75) is 0 Å². The Kier molecular flexibility index (Phi) is 4.12. The molecule has 0 aliphatic heterocycles. The molecule has 0 spiro atoms. The number of hydrogen-bond acceptors (Lipinski definition) is 1. The van der Waals surface area contributed by atoms with Crippen LogP contribution in [0.4, 0.5) is 5.69 Å². The number of nitrogen functional groups attached to an aromatic ring is 1. The van der Waals surface area contributed by atoms with E-state index < -0.39 is 0 Å². The van der Waals surface area contributed by atoms with Crippen LogP contribution in [0.5, 0.6) is 0 Å². The van der Waals surface area contributed by atoms with E-state index in [1.54, 1.807) is 0 Å². The Morgan fingerprint density at radius 3 is 2.23 bits per heavy atom. The number of fused-ring (bicyclic) bond motifs is 4. The van der Waals surface area contributed by atoms with Gasteiger partial charge in [-0.05, 0) is 64.4 Å². The van der Waals surface area contributed by atoms with Gasteiger partial charge >= 0.3 is 0 Å². The molecule has 0 radical (unpaired) electrons. The topological polar surface area (TPSA) is 30.9 Å². The number of nitrogens with zero attached hydrogens (tertiary/aromatic N) is 1. The fraction of sp³-hybridized carbons (Fsp3) is 0. The first-order valence-corrected chi connectivity index (χ1v) is 11.1. The van der Waals surface area contributed by atoms with Crippen LogP contribution in [-0.2, 0) is 0 Å². The highest BCUT2D eigenvalue weighted by molar-refractivity contribution is 9.10. The quantitative estimate of drug-likeness (QED) is 0.260. The minimum absolute atomic E-state index is 0.750. The lowest BCUT2D eigenvalue weighted by molar-refractivity contribution is 1.19. The first kappa shape index (κ1) is 18.2. The second-order valence-electron chi connectivity index (χ2n) is 7.89. The standard InChI is InChI=1S/C28H19BrN2/c29-22-13-21(14-23(30)17-22)20-10-12-26-25-7-3-4-8-27(25)31(28(26)16-20)24-11-9-18-5-1-2-6-19(18)15-24/h1-17H,30H2. The van der Waals surface area contributed by atoms with Crippen molar-refractivity contribution < 1.29 is 0 Å². The molecular weight excluding hydrogens is 444 g/mol. The monoisotopic (exact) mass is 462 g/mol. The van der Waals surface area contributed by atoms with Gasteiger partial charge in [-0.2, -0.15) is 0 Å². The highest BCUT2D eigenvalue weighted by atomic mass is 79.9. The minimum atomic E-state index is 0.750. The molecule has 0 unspecified atom stereocenters. The van der Waals surface area contributed by atoms with Crippen LogP contribution in [0, 0.1) is 0 Å².